The second-order valence-electron chi connectivity index (χ2n) is 7.57. The Morgan fingerprint density at radius 1 is 1.11 bits per heavy atom. The van der Waals surface area contributed by atoms with E-state index in [1.165, 1.54) is 30.0 Å². The molecule has 1 aliphatic carbocycles. The second-order valence-corrected chi connectivity index (χ2v) is 9.54. The molecule has 0 amide bonds. The van der Waals surface area contributed by atoms with Crippen molar-refractivity contribution in [2.24, 2.45) is 10.7 Å². The Kier molecular flexibility index (Phi) is 7.70. The molecule has 1 aromatic carbocycles. The number of hydrogen-bond donors (Lipinski definition) is 2. The van der Waals surface area contributed by atoms with Gasteiger partial charge in [-0.2, -0.15) is 4.31 Å². The quantitative estimate of drug-likeness (QED) is 0.426. The molecule has 0 unspecified atom stereocenters. The van der Waals surface area contributed by atoms with E-state index in [9.17, 15) is 8.42 Å². The molecule has 3 N–H and O–H groups in total. The van der Waals surface area contributed by atoms with Crippen molar-refractivity contribution in [3.05, 3.63) is 35.4 Å². The van der Waals surface area contributed by atoms with Gasteiger partial charge in [-0.25, -0.2) is 13.4 Å². The summed E-state index contributed by atoms with van der Waals surface area (Å²) >= 11 is 0. The molecule has 0 aromatic heterocycles. The summed E-state index contributed by atoms with van der Waals surface area (Å²) < 4.78 is 32.2. The molecule has 1 aliphatic heterocycles. The zero-order valence-corrected chi connectivity index (χ0v) is 17.3. The van der Waals surface area contributed by atoms with Gasteiger partial charge in [0.2, 0.25) is 10.0 Å². The van der Waals surface area contributed by atoms with E-state index < -0.39 is 10.0 Å². The summed E-state index contributed by atoms with van der Waals surface area (Å²) in [5, 5.41) is 3.34. The molecule has 156 valence electrons. The maximum absolute atomic E-state index is 12.7. The third-order valence-corrected chi connectivity index (χ3v) is 7.27. The van der Waals surface area contributed by atoms with Crippen molar-refractivity contribution < 1.29 is 13.2 Å². The molecule has 28 heavy (non-hydrogen) atoms. The smallest absolute Gasteiger partial charge is 0.218 e. The van der Waals surface area contributed by atoms with Gasteiger partial charge in [-0.1, -0.05) is 49.9 Å². The zero-order chi connectivity index (χ0) is 19.8. The zero-order valence-electron chi connectivity index (χ0n) is 16.5. The van der Waals surface area contributed by atoms with Gasteiger partial charge in [0, 0.05) is 19.1 Å². The summed E-state index contributed by atoms with van der Waals surface area (Å²) in [6.07, 6.45) is 7.30. The first-order chi connectivity index (χ1) is 13.5. The highest BCUT2D eigenvalue weighted by atomic mass is 32.2. The number of rotatable bonds is 6. The summed E-state index contributed by atoms with van der Waals surface area (Å²) in [7, 11) is -3.37. The molecule has 2 fully saturated rings. The van der Waals surface area contributed by atoms with E-state index in [2.05, 4.69) is 10.3 Å². The Morgan fingerprint density at radius 2 is 1.75 bits per heavy atom. The number of morpholine rings is 1. The van der Waals surface area contributed by atoms with Crippen LogP contribution in [0.5, 0.6) is 0 Å². The average molecular weight is 409 g/mol. The van der Waals surface area contributed by atoms with Crippen LogP contribution in [0.4, 0.5) is 0 Å². The van der Waals surface area contributed by atoms with Crippen molar-refractivity contribution >= 4 is 16.0 Å². The monoisotopic (exact) mass is 408 g/mol. The first kappa shape index (κ1) is 21.1. The number of nitrogens with two attached hydrogens (primary N) is 1. The maximum Gasteiger partial charge on any atom is 0.218 e. The van der Waals surface area contributed by atoms with Crippen LogP contribution in [-0.4, -0.2) is 51.0 Å². The molecule has 0 spiro atoms. The van der Waals surface area contributed by atoms with Gasteiger partial charge in [0.1, 0.15) is 0 Å². The van der Waals surface area contributed by atoms with E-state index in [0.717, 1.165) is 24.0 Å². The van der Waals surface area contributed by atoms with Crippen LogP contribution in [0.15, 0.2) is 29.3 Å². The lowest BCUT2D eigenvalue weighted by Crippen LogP contribution is -2.41. The van der Waals surface area contributed by atoms with E-state index in [1.807, 2.05) is 24.3 Å². The van der Waals surface area contributed by atoms with Crippen molar-refractivity contribution in [1.82, 2.24) is 9.62 Å². The summed E-state index contributed by atoms with van der Waals surface area (Å²) in [6, 6.07) is 7.95. The maximum atomic E-state index is 12.7. The van der Waals surface area contributed by atoms with E-state index in [1.54, 1.807) is 0 Å². The molecule has 2 aliphatic rings. The van der Waals surface area contributed by atoms with E-state index in [4.69, 9.17) is 10.5 Å². The topological polar surface area (TPSA) is 97.0 Å². The van der Waals surface area contributed by atoms with Gasteiger partial charge in [0.15, 0.2) is 5.96 Å². The highest BCUT2D eigenvalue weighted by molar-refractivity contribution is 7.88. The van der Waals surface area contributed by atoms with Crippen LogP contribution in [0, 0.1) is 0 Å². The molecule has 1 heterocycles. The minimum Gasteiger partial charge on any atom is -0.379 e. The number of nitrogens with one attached hydrogen (secondary N) is 1. The number of benzene rings is 1. The van der Waals surface area contributed by atoms with Gasteiger partial charge in [0.05, 0.1) is 25.5 Å². The molecule has 8 heteroatoms. The highest BCUT2D eigenvalue weighted by Gasteiger charge is 2.25. The van der Waals surface area contributed by atoms with Crippen LogP contribution < -0.4 is 11.1 Å². The molecule has 3 rings (SSSR count). The fourth-order valence-electron chi connectivity index (χ4n) is 3.81. The lowest BCUT2D eigenvalue weighted by molar-refractivity contribution is 0.0729. The minimum absolute atomic E-state index is 0.0192. The third-order valence-electron chi connectivity index (χ3n) is 5.45. The van der Waals surface area contributed by atoms with Crippen molar-refractivity contribution in [1.29, 1.82) is 0 Å². The molecule has 1 saturated heterocycles. The number of aliphatic imine (C=N–C) groups is 1. The molecular weight excluding hydrogens is 376 g/mol. The number of guanidine groups is 1. The lowest BCUT2D eigenvalue weighted by Gasteiger charge is -2.26. The Labute approximate surface area is 168 Å². The first-order valence-corrected chi connectivity index (χ1v) is 11.8. The summed E-state index contributed by atoms with van der Waals surface area (Å²) in [5.41, 5.74) is 7.77. The standard InChI is InChI=1S/C20H32N4O3S/c21-20(23-19-9-3-1-2-4-10-19)22-15-17-7-5-6-8-18(17)16-28(25,26)24-11-13-27-14-12-24/h5-8,19H,1-4,9-16H2,(H3,21,22,23). The molecule has 0 radical (unpaired) electrons. The lowest BCUT2D eigenvalue weighted by atomic mass is 10.1. The van der Waals surface area contributed by atoms with Crippen molar-refractivity contribution in [2.45, 2.75) is 56.9 Å². The first-order valence-electron chi connectivity index (χ1n) is 10.2. The third kappa shape index (κ3) is 6.18. The van der Waals surface area contributed by atoms with Crippen LogP contribution in [0.3, 0.4) is 0 Å². The van der Waals surface area contributed by atoms with Gasteiger partial charge in [-0.15, -0.1) is 0 Å². The van der Waals surface area contributed by atoms with Crippen molar-refractivity contribution in [3.63, 3.8) is 0 Å². The van der Waals surface area contributed by atoms with E-state index >= 15 is 0 Å². The Bertz CT molecular complexity index is 752. The number of hydrogen-bond acceptors (Lipinski definition) is 4. The molecule has 0 bridgehead atoms. The van der Waals surface area contributed by atoms with Crippen LogP contribution in [0.2, 0.25) is 0 Å². The number of nitrogens with zero attached hydrogens (tertiary/aromatic N) is 2. The highest BCUT2D eigenvalue weighted by Crippen LogP contribution is 2.18. The average Bonchev–Trinajstić information content (AvgIpc) is 2.96. The Morgan fingerprint density at radius 3 is 2.43 bits per heavy atom. The van der Waals surface area contributed by atoms with Crippen molar-refractivity contribution in [3.8, 4) is 0 Å². The fraction of sp³-hybridized carbons (Fsp3) is 0.650. The fourth-order valence-corrected chi connectivity index (χ4v) is 5.38. The normalized spacial score (nSPS) is 20.6. The predicted octanol–water partition coefficient (Wildman–Crippen LogP) is 1.98. The second kappa shape index (κ2) is 10.2. The molecule has 0 atom stereocenters. The van der Waals surface area contributed by atoms with Gasteiger partial charge >= 0.3 is 0 Å². The van der Waals surface area contributed by atoms with Crippen LogP contribution in [-0.2, 0) is 27.1 Å². The Balaban J connectivity index is 1.63. The van der Waals surface area contributed by atoms with Gasteiger partial charge in [-0.3, -0.25) is 0 Å². The number of ether oxygens (including phenoxy) is 1. The van der Waals surface area contributed by atoms with E-state index in [0.29, 0.717) is 44.8 Å². The van der Waals surface area contributed by atoms with Crippen LogP contribution in [0.1, 0.15) is 49.7 Å². The SMILES string of the molecule is NC(=NCc1ccccc1CS(=O)(=O)N1CCOCC1)NC1CCCCCC1. The van der Waals surface area contributed by atoms with Gasteiger partial charge < -0.3 is 15.8 Å². The Hall–Kier alpha value is -1.64. The largest absolute Gasteiger partial charge is 0.379 e. The molecule has 1 saturated carbocycles. The molecular formula is C20H32N4O3S. The van der Waals surface area contributed by atoms with Crippen molar-refractivity contribution in [2.75, 3.05) is 26.3 Å². The summed E-state index contributed by atoms with van der Waals surface area (Å²) in [6.45, 7) is 2.12. The van der Waals surface area contributed by atoms with Crippen LogP contribution >= 0.6 is 0 Å². The molecule has 1 aromatic rings. The van der Waals surface area contributed by atoms with Crippen LogP contribution in [0.25, 0.3) is 0 Å². The summed E-state index contributed by atoms with van der Waals surface area (Å²) in [4.78, 5) is 4.48. The van der Waals surface area contributed by atoms with Gasteiger partial charge in [0.25, 0.3) is 0 Å². The molecule has 7 nitrogen and oxygen atoms in total. The van der Waals surface area contributed by atoms with E-state index in [-0.39, 0.29) is 5.75 Å². The number of sulfonamides is 1. The summed E-state index contributed by atoms with van der Waals surface area (Å²) in [5.74, 6) is 0.423. The minimum atomic E-state index is -3.37. The van der Waals surface area contributed by atoms with Gasteiger partial charge in [-0.05, 0) is 24.0 Å². The predicted molar refractivity (Wildman–Crippen MR) is 111 cm³/mol.